The molecule has 172 valence electrons. The Morgan fingerprint density at radius 2 is 1.88 bits per heavy atom. The lowest BCUT2D eigenvalue weighted by molar-refractivity contribution is 0.0490. The van der Waals surface area contributed by atoms with Gasteiger partial charge >= 0.3 is 12.1 Å². The maximum atomic E-state index is 15.0. The van der Waals surface area contributed by atoms with Crippen LogP contribution in [-0.4, -0.2) is 40.8 Å². The number of esters is 1. The molecular formula is C23H29FN4O4. The lowest BCUT2D eigenvalue weighted by Gasteiger charge is -2.30. The van der Waals surface area contributed by atoms with Gasteiger partial charge in [-0.25, -0.2) is 23.9 Å². The quantitative estimate of drug-likeness (QED) is 0.679. The van der Waals surface area contributed by atoms with Crippen LogP contribution in [0.15, 0.2) is 24.4 Å². The number of benzene rings is 1. The number of hydrogen-bond acceptors (Lipinski definition) is 7. The molecule has 1 amide bonds. The number of aromatic nitrogens is 2. The minimum atomic E-state index is -0.775. The molecule has 0 saturated heterocycles. The third-order valence-corrected chi connectivity index (χ3v) is 5.34. The molecule has 0 unspecified atom stereocenters. The molecular weight excluding hydrogens is 415 g/mol. The van der Waals surface area contributed by atoms with Crippen molar-refractivity contribution in [3.63, 3.8) is 0 Å². The molecule has 1 saturated carbocycles. The fourth-order valence-electron chi connectivity index (χ4n) is 3.80. The average Bonchev–Trinajstić information content (AvgIpc) is 2.73. The van der Waals surface area contributed by atoms with E-state index in [0.29, 0.717) is 5.69 Å². The van der Waals surface area contributed by atoms with Crippen LogP contribution in [0, 0.1) is 5.82 Å². The minimum Gasteiger partial charge on any atom is -0.465 e. The van der Waals surface area contributed by atoms with Crippen molar-refractivity contribution in [1.82, 2.24) is 15.3 Å². The zero-order chi connectivity index (χ0) is 23.5. The summed E-state index contributed by atoms with van der Waals surface area (Å²) in [5.74, 6) is -1.34. The van der Waals surface area contributed by atoms with Crippen molar-refractivity contribution in [3.05, 3.63) is 41.5 Å². The fourth-order valence-corrected chi connectivity index (χ4v) is 3.80. The standard InChI is InChI=1S/C23H29FN4O4/c1-23(2,3)32-22(30)27-14-10-8-13(9-11-14)17-12-26-20(25)19(28-17)15-6-5-7-16(18(15)24)21(29)31-4/h5-7,12-14H,8-11H2,1-4H3,(H2,25,26)(H,27,30). The van der Waals surface area contributed by atoms with Crippen molar-refractivity contribution in [1.29, 1.82) is 0 Å². The van der Waals surface area contributed by atoms with Crippen molar-refractivity contribution in [3.8, 4) is 11.3 Å². The molecule has 3 rings (SSSR count). The van der Waals surface area contributed by atoms with Crippen LogP contribution in [0.5, 0.6) is 0 Å². The second-order valence-electron chi connectivity index (χ2n) is 8.88. The monoisotopic (exact) mass is 444 g/mol. The van der Waals surface area contributed by atoms with Crippen molar-refractivity contribution < 1.29 is 23.5 Å². The van der Waals surface area contributed by atoms with Crippen LogP contribution in [0.2, 0.25) is 0 Å². The average molecular weight is 445 g/mol. The summed E-state index contributed by atoms with van der Waals surface area (Å²) in [5.41, 5.74) is 6.25. The molecule has 1 aliphatic carbocycles. The third-order valence-electron chi connectivity index (χ3n) is 5.34. The number of carbonyl (C=O) groups is 2. The first-order valence-corrected chi connectivity index (χ1v) is 10.6. The molecule has 3 N–H and O–H groups in total. The zero-order valence-corrected chi connectivity index (χ0v) is 18.8. The fraction of sp³-hybridized carbons (Fsp3) is 0.478. The summed E-state index contributed by atoms with van der Waals surface area (Å²) in [6, 6.07) is 4.42. The van der Waals surface area contributed by atoms with E-state index in [2.05, 4.69) is 20.0 Å². The maximum Gasteiger partial charge on any atom is 0.407 e. The van der Waals surface area contributed by atoms with Gasteiger partial charge in [-0.1, -0.05) is 6.07 Å². The highest BCUT2D eigenvalue weighted by molar-refractivity contribution is 5.91. The Hall–Kier alpha value is -3.23. The Morgan fingerprint density at radius 1 is 1.19 bits per heavy atom. The van der Waals surface area contributed by atoms with Crippen molar-refractivity contribution in [2.45, 2.75) is 64.0 Å². The molecule has 2 aromatic rings. The van der Waals surface area contributed by atoms with Crippen LogP contribution in [0.4, 0.5) is 15.0 Å². The van der Waals surface area contributed by atoms with Crippen LogP contribution < -0.4 is 11.1 Å². The van der Waals surface area contributed by atoms with Gasteiger partial charge in [0.25, 0.3) is 0 Å². The minimum absolute atomic E-state index is 0.0245. The number of hydrogen-bond donors (Lipinski definition) is 2. The first-order valence-electron chi connectivity index (χ1n) is 10.6. The van der Waals surface area contributed by atoms with E-state index in [9.17, 15) is 14.0 Å². The number of carbonyl (C=O) groups excluding carboxylic acids is 2. The smallest absolute Gasteiger partial charge is 0.407 e. The van der Waals surface area contributed by atoms with Crippen LogP contribution in [-0.2, 0) is 9.47 Å². The summed E-state index contributed by atoms with van der Waals surface area (Å²) in [4.78, 5) is 32.7. The van der Waals surface area contributed by atoms with Crippen molar-refractivity contribution >= 4 is 17.9 Å². The number of nitrogens with one attached hydrogen (secondary N) is 1. The maximum absolute atomic E-state index is 15.0. The van der Waals surface area contributed by atoms with Gasteiger partial charge in [0.1, 0.15) is 22.9 Å². The number of ether oxygens (including phenoxy) is 2. The number of anilines is 1. The van der Waals surface area contributed by atoms with E-state index in [-0.39, 0.29) is 34.6 Å². The first-order chi connectivity index (χ1) is 15.1. The Morgan fingerprint density at radius 3 is 2.50 bits per heavy atom. The van der Waals surface area contributed by atoms with E-state index in [1.807, 2.05) is 20.8 Å². The number of methoxy groups -OCH3 is 1. The highest BCUT2D eigenvalue weighted by Gasteiger charge is 2.27. The second-order valence-corrected chi connectivity index (χ2v) is 8.88. The molecule has 1 aromatic carbocycles. The largest absolute Gasteiger partial charge is 0.465 e. The molecule has 1 fully saturated rings. The van der Waals surface area contributed by atoms with E-state index in [0.717, 1.165) is 25.7 Å². The molecule has 1 heterocycles. The molecule has 0 atom stereocenters. The van der Waals surface area contributed by atoms with Crippen LogP contribution >= 0.6 is 0 Å². The van der Waals surface area contributed by atoms with E-state index < -0.39 is 23.5 Å². The first kappa shape index (κ1) is 23.4. The summed E-state index contributed by atoms with van der Waals surface area (Å²) in [6.07, 6.45) is 4.27. The third kappa shape index (κ3) is 5.52. The van der Waals surface area contributed by atoms with Gasteiger partial charge in [-0.15, -0.1) is 0 Å². The van der Waals surface area contributed by atoms with Crippen molar-refractivity contribution in [2.24, 2.45) is 0 Å². The molecule has 9 heteroatoms. The number of nitrogen functional groups attached to an aromatic ring is 1. The summed E-state index contributed by atoms with van der Waals surface area (Å²) >= 11 is 0. The van der Waals surface area contributed by atoms with Crippen LogP contribution in [0.1, 0.15) is 68.4 Å². The van der Waals surface area contributed by atoms with E-state index in [1.165, 1.54) is 19.2 Å². The summed E-state index contributed by atoms with van der Waals surface area (Å²) in [6.45, 7) is 5.47. The summed E-state index contributed by atoms with van der Waals surface area (Å²) in [7, 11) is 1.19. The number of nitrogens with two attached hydrogens (primary N) is 1. The molecule has 1 aliphatic rings. The van der Waals surface area contributed by atoms with Gasteiger partial charge in [-0.2, -0.15) is 0 Å². The van der Waals surface area contributed by atoms with Gasteiger partial charge in [0, 0.05) is 17.5 Å². The number of halogens is 1. The van der Waals surface area contributed by atoms with E-state index >= 15 is 0 Å². The number of rotatable bonds is 4. The van der Waals surface area contributed by atoms with Gasteiger partial charge in [-0.05, 0) is 58.6 Å². The van der Waals surface area contributed by atoms with Crippen molar-refractivity contribution in [2.75, 3.05) is 12.8 Å². The van der Waals surface area contributed by atoms with E-state index in [1.54, 1.807) is 12.3 Å². The van der Waals surface area contributed by atoms with Gasteiger partial charge in [-0.3, -0.25) is 0 Å². The van der Waals surface area contributed by atoms with Gasteiger partial charge < -0.3 is 20.5 Å². The Bertz CT molecular complexity index is 998. The predicted molar refractivity (Wildman–Crippen MR) is 118 cm³/mol. The highest BCUT2D eigenvalue weighted by atomic mass is 19.1. The predicted octanol–water partition coefficient (Wildman–Crippen LogP) is 4.20. The van der Waals surface area contributed by atoms with Gasteiger partial charge in [0.15, 0.2) is 0 Å². The van der Waals surface area contributed by atoms with Gasteiger partial charge in [0.2, 0.25) is 0 Å². The van der Waals surface area contributed by atoms with Crippen LogP contribution in [0.25, 0.3) is 11.3 Å². The summed E-state index contributed by atoms with van der Waals surface area (Å²) in [5, 5.41) is 2.91. The summed E-state index contributed by atoms with van der Waals surface area (Å²) < 4.78 is 24.9. The second kappa shape index (κ2) is 9.50. The Balaban J connectivity index is 1.74. The molecule has 8 nitrogen and oxygen atoms in total. The topological polar surface area (TPSA) is 116 Å². The molecule has 0 bridgehead atoms. The SMILES string of the molecule is COC(=O)c1cccc(-c2nc(C3CCC(NC(=O)OC(C)(C)C)CC3)cnc2N)c1F. The highest BCUT2D eigenvalue weighted by Crippen LogP contribution is 2.34. The number of amides is 1. The van der Waals surface area contributed by atoms with Crippen LogP contribution in [0.3, 0.4) is 0 Å². The molecule has 0 aliphatic heterocycles. The Kier molecular flexibility index (Phi) is 6.96. The lowest BCUT2D eigenvalue weighted by Crippen LogP contribution is -2.40. The van der Waals surface area contributed by atoms with Gasteiger partial charge in [0.05, 0.1) is 24.6 Å². The molecule has 0 spiro atoms. The Labute approximate surface area is 186 Å². The normalized spacial score (nSPS) is 18.7. The number of nitrogens with zero attached hydrogens (tertiary/aromatic N) is 2. The zero-order valence-electron chi connectivity index (χ0n) is 18.8. The van der Waals surface area contributed by atoms with E-state index in [4.69, 9.17) is 10.5 Å². The number of alkyl carbamates (subject to hydrolysis) is 1. The molecule has 32 heavy (non-hydrogen) atoms. The lowest BCUT2D eigenvalue weighted by atomic mass is 9.84. The molecule has 0 radical (unpaired) electrons. The molecule has 1 aromatic heterocycles.